The fourth-order valence-corrected chi connectivity index (χ4v) is 2.06. The summed E-state index contributed by atoms with van der Waals surface area (Å²) in [5.74, 6) is -3.68. The van der Waals surface area contributed by atoms with Gasteiger partial charge in [-0.25, -0.2) is 9.18 Å². The first-order valence-corrected chi connectivity index (χ1v) is 6.52. The first-order valence-electron chi connectivity index (χ1n) is 6.52. The molecule has 6 nitrogen and oxygen atoms in total. The molecule has 24 heavy (non-hydrogen) atoms. The van der Waals surface area contributed by atoms with E-state index in [0.29, 0.717) is 0 Å². The third kappa shape index (κ3) is 2.82. The fourth-order valence-electron chi connectivity index (χ4n) is 2.06. The van der Waals surface area contributed by atoms with Crippen LogP contribution in [0.3, 0.4) is 0 Å². The minimum Gasteiger partial charge on any atom is -0.314 e. The molecule has 0 aromatic heterocycles. The highest BCUT2D eigenvalue weighted by atomic mass is 19.4. The van der Waals surface area contributed by atoms with E-state index in [-0.39, 0.29) is 10.5 Å². The summed E-state index contributed by atoms with van der Waals surface area (Å²) in [6, 6.07) is 2.30. The lowest BCUT2D eigenvalue weighted by Crippen LogP contribution is -2.69. The molecule has 0 radical (unpaired) electrons. The molecule has 1 fully saturated rings. The predicted molar refractivity (Wildman–Crippen MR) is 73.1 cm³/mol. The summed E-state index contributed by atoms with van der Waals surface area (Å²) in [4.78, 5) is 36.0. The maximum absolute atomic E-state index is 13.4. The van der Waals surface area contributed by atoms with Crippen molar-refractivity contribution in [3.05, 3.63) is 48.3 Å². The van der Waals surface area contributed by atoms with Gasteiger partial charge in [0, 0.05) is 12.1 Å². The average Bonchev–Trinajstić information content (AvgIpc) is 2.73. The molecule has 1 saturated heterocycles. The molecule has 1 atom stereocenters. The summed E-state index contributed by atoms with van der Waals surface area (Å²) < 4.78 is 53.1. The van der Waals surface area contributed by atoms with Crippen LogP contribution in [0, 0.1) is 5.82 Å². The Hall–Kier alpha value is -2.91. The molecular formula is C14H11F4N3O3. The van der Waals surface area contributed by atoms with Crippen LogP contribution in [-0.2, 0) is 4.79 Å². The van der Waals surface area contributed by atoms with Gasteiger partial charge in [0.05, 0.1) is 0 Å². The zero-order valence-corrected chi connectivity index (χ0v) is 12.0. The Morgan fingerprint density at radius 2 is 1.88 bits per heavy atom. The van der Waals surface area contributed by atoms with Crippen LogP contribution >= 0.6 is 0 Å². The van der Waals surface area contributed by atoms with E-state index >= 15 is 0 Å². The van der Waals surface area contributed by atoms with Crippen LogP contribution in [0.1, 0.15) is 10.4 Å². The SMILES string of the molecule is C=CCN1C(=O)N[C@@](NC(=O)c2ccc(F)cc2)(C(F)(F)F)C1=O. The quantitative estimate of drug-likeness (QED) is 0.494. The summed E-state index contributed by atoms with van der Waals surface area (Å²) in [6.45, 7) is 2.78. The Kier molecular flexibility index (Phi) is 4.32. The number of carbonyl (C=O) groups is 3. The highest BCUT2D eigenvalue weighted by Gasteiger charge is 2.68. The number of hydrogen-bond donors (Lipinski definition) is 2. The molecule has 0 spiro atoms. The highest BCUT2D eigenvalue weighted by molar-refractivity contribution is 6.10. The van der Waals surface area contributed by atoms with Crippen molar-refractivity contribution in [1.82, 2.24) is 15.5 Å². The molecule has 2 rings (SSSR count). The molecule has 0 bridgehead atoms. The number of imide groups is 1. The number of urea groups is 1. The zero-order valence-electron chi connectivity index (χ0n) is 12.0. The predicted octanol–water partition coefficient (Wildman–Crippen LogP) is 1.55. The number of halogens is 4. The van der Waals surface area contributed by atoms with Crippen LogP contribution in [0.25, 0.3) is 0 Å². The van der Waals surface area contributed by atoms with Crippen molar-refractivity contribution in [2.75, 3.05) is 6.54 Å². The van der Waals surface area contributed by atoms with Gasteiger partial charge in [-0.15, -0.1) is 6.58 Å². The van der Waals surface area contributed by atoms with Crippen molar-refractivity contribution < 1.29 is 31.9 Å². The van der Waals surface area contributed by atoms with Gasteiger partial charge in [-0.05, 0) is 24.3 Å². The lowest BCUT2D eigenvalue weighted by Gasteiger charge is -2.29. The van der Waals surface area contributed by atoms with Gasteiger partial charge in [0.2, 0.25) is 0 Å². The molecule has 0 aliphatic carbocycles. The topological polar surface area (TPSA) is 78.5 Å². The number of rotatable bonds is 4. The van der Waals surface area contributed by atoms with Crippen molar-refractivity contribution in [2.24, 2.45) is 0 Å². The second kappa shape index (κ2) is 5.95. The van der Waals surface area contributed by atoms with E-state index in [2.05, 4.69) is 6.58 Å². The molecule has 0 unspecified atom stereocenters. The van der Waals surface area contributed by atoms with E-state index in [4.69, 9.17) is 0 Å². The zero-order chi connectivity index (χ0) is 18.1. The average molecular weight is 345 g/mol. The monoisotopic (exact) mass is 345 g/mol. The van der Waals surface area contributed by atoms with Crippen LogP contribution in [-0.4, -0.2) is 41.1 Å². The largest absolute Gasteiger partial charge is 0.440 e. The lowest BCUT2D eigenvalue weighted by molar-refractivity contribution is -0.200. The highest BCUT2D eigenvalue weighted by Crippen LogP contribution is 2.34. The molecule has 2 N–H and O–H groups in total. The van der Waals surface area contributed by atoms with Crippen molar-refractivity contribution in [2.45, 2.75) is 11.8 Å². The van der Waals surface area contributed by atoms with E-state index in [0.717, 1.165) is 30.3 Å². The standard InChI is InChI=1S/C14H11F4N3O3/c1-2-7-21-11(23)13(14(16,17)18,20-12(21)24)19-10(22)8-3-5-9(15)6-4-8/h2-6H,1,7H2,(H,19,22)(H,20,24)/t13-/m1/s1. The van der Waals surface area contributed by atoms with Crippen LogP contribution in [0.15, 0.2) is 36.9 Å². The Bertz CT molecular complexity index is 702. The van der Waals surface area contributed by atoms with E-state index in [1.54, 1.807) is 0 Å². The van der Waals surface area contributed by atoms with E-state index in [9.17, 15) is 31.9 Å². The lowest BCUT2D eigenvalue weighted by atomic mass is 10.1. The molecule has 1 aromatic carbocycles. The van der Waals surface area contributed by atoms with E-state index < -0.39 is 42.0 Å². The number of alkyl halides is 3. The van der Waals surface area contributed by atoms with Gasteiger partial charge in [0.25, 0.3) is 17.5 Å². The molecule has 1 aliphatic heterocycles. The molecule has 10 heteroatoms. The van der Waals surface area contributed by atoms with Gasteiger partial charge < -0.3 is 5.32 Å². The maximum Gasteiger partial charge on any atom is 0.440 e. The number of amides is 4. The fraction of sp³-hybridized carbons (Fsp3) is 0.214. The molecule has 1 aromatic rings. The van der Waals surface area contributed by atoms with Crippen molar-refractivity contribution in [3.63, 3.8) is 0 Å². The van der Waals surface area contributed by atoms with E-state index in [1.807, 2.05) is 0 Å². The van der Waals surface area contributed by atoms with Crippen LogP contribution in [0.2, 0.25) is 0 Å². The first-order chi connectivity index (χ1) is 11.1. The summed E-state index contributed by atoms with van der Waals surface area (Å²) in [5, 5.41) is 2.96. The number of hydrogen-bond acceptors (Lipinski definition) is 3. The molecule has 1 heterocycles. The Morgan fingerprint density at radius 1 is 1.29 bits per heavy atom. The van der Waals surface area contributed by atoms with Crippen LogP contribution in [0.4, 0.5) is 22.4 Å². The minimum absolute atomic E-state index is 0.269. The number of nitrogens with one attached hydrogen (secondary N) is 2. The summed E-state index contributed by atoms with van der Waals surface area (Å²) >= 11 is 0. The summed E-state index contributed by atoms with van der Waals surface area (Å²) in [7, 11) is 0. The number of carbonyl (C=O) groups excluding carboxylic acids is 3. The second-order valence-electron chi connectivity index (χ2n) is 4.84. The van der Waals surface area contributed by atoms with Crippen molar-refractivity contribution in [3.8, 4) is 0 Å². The third-order valence-corrected chi connectivity index (χ3v) is 3.25. The van der Waals surface area contributed by atoms with Gasteiger partial charge in [0.15, 0.2) is 0 Å². The number of benzene rings is 1. The van der Waals surface area contributed by atoms with Gasteiger partial charge in [-0.3, -0.25) is 19.8 Å². The molecule has 0 saturated carbocycles. The Labute approximate surface area is 133 Å². The third-order valence-electron chi connectivity index (χ3n) is 3.25. The smallest absolute Gasteiger partial charge is 0.314 e. The molecule has 4 amide bonds. The van der Waals surface area contributed by atoms with Gasteiger partial charge in [0.1, 0.15) is 5.82 Å². The normalized spacial score (nSPS) is 20.8. The first kappa shape index (κ1) is 17.4. The van der Waals surface area contributed by atoms with Crippen molar-refractivity contribution >= 4 is 17.8 Å². The summed E-state index contributed by atoms with van der Waals surface area (Å²) in [5.41, 5.74) is -3.91. The second-order valence-corrected chi connectivity index (χ2v) is 4.84. The molecular weight excluding hydrogens is 334 g/mol. The van der Waals surface area contributed by atoms with Crippen LogP contribution in [0.5, 0.6) is 0 Å². The molecule has 1 aliphatic rings. The van der Waals surface area contributed by atoms with Gasteiger partial charge >= 0.3 is 12.2 Å². The van der Waals surface area contributed by atoms with Crippen LogP contribution < -0.4 is 10.6 Å². The van der Waals surface area contributed by atoms with Crippen molar-refractivity contribution in [1.29, 1.82) is 0 Å². The number of nitrogens with zero attached hydrogens (tertiary/aromatic N) is 1. The van der Waals surface area contributed by atoms with Gasteiger partial charge in [-0.2, -0.15) is 13.2 Å². The molecule has 128 valence electrons. The Balaban J connectivity index is 2.38. The maximum atomic E-state index is 13.4. The van der Waals surface area contributed by atoms with E-state index in [1.165, 1.54) is 10.6 Å². The van der Waals surface area contributed by atoms with Gasteiger partial charge in [-0.1, -0.05) is 6.08 Å². The summed E-state index contributed by atoms with van der Waals surface area (Å²) in [6.07, 6.45) is -4.24. The minimum atomic E-state index is -5.30. The Morgan fingerprint density at radius 3 is 2.38 bits per heavy atom.